The average molecular weight is 264 g/mol. The molecule has 0 saturated carbocycles. The van der Waals surface area contributed by atoms with Crippen molar-refractivity contribution in [3.63, 3.8) is 0 Å². The highest BCUT2D eigenvalue weighted by molar-refractivity contribution is 6.33. The molecule has 0 radical (unpaired) electrons. The van der Waals surface area contributed by atoms with Crippen LogP contribution in [0.5, 0.6) is 0 Å². The van der Waals surface area contributed by atoms with Crippen molar-refractivity contribution in [3.05, 3.63) is 58.4 Å². The minimum Gasteiger partial charge on any atom is -0.316 e. The molecule has 0 bridgehead atoms. The van der Waals surface area contributed by atoms with E-state index >= 15 is 0 Å². The van der Waals surface area contributed by atoms with E-state index in [2.05, 4.69) is 5.32 Å². The second kappa shape index (κ2) is 5.51. The molecule has 94 valence electrons. The summed E-state index contributed by atoms with van der Waals surface area (Å²) in [6, 6.07) is 11.2. The molecule has 0 aliphatic rings. The Hall–Kier alpha value is -1.38. The van der Waals surface area contributed by atoms with E-state index in [1.165, 1.54) is 11.6 Å². The molecule has 0 aliphatic carbocycles. The number of rotatable bonds is 3. The van der Waals surface area contributed by atoms with Gasteiger partial charge in [-0.2, -0.15) is 0 Å². The van der Waals surface area contributed by atoms with Crippen LogP contribution in [0.15, 0.2) is 36.4 Å². The molecule has 0 unspecified atom stereocenters. The number of hydrogen-bond donors (Lipinski definition) is 1. The van der Waals surface area contributed by atoms with Gasteiger partial charge in [0.1, 0.15) is 5.82 Å². The minimum atomic E-state index is -0.268. The van der Waals surface area contributed by atoms with Crippen LogP contribution in [0.2, 0.25) is 5.02 Å². The fourth-order valence-electron chi connectivity index (χ4n) is 1.88. The van der Waals surface area contributed by atoms with Crippen LogP contribution >= 0.6 is 11.6 Å². The second-order valence-corrected chi connectivity index (χ2v) is 4.72. The Morgan fingerprint density at radius 1 is 1.17 bits per heavy atom. The second-order valence-electron chi connectivity index (χ2n) is 4.31. The van der Waals surface area contributed by atoms with E-state index in [0.29, 0.717) is 10.6 Å². The Kier molecular flexibility index (Phi) is 4.00. The van der Waals surface area contributed by atoms with Crippen LogP contribution < -0.4 is 5.32 Å². The zero-order valence-electron chi connectivity index (χ0n) is 10.4. The van der Waals surface area contributed by atoms with Gasteiger partial charge in [-0.1, -0.05) is 35.9 Å². The van der Waals surface area contributed by atoms with Crippen molar-refractivity contribution in [2.24, 2.45) is 0 Å². The van der Waals surface area contributed by atoms with Crippen molar-refractivity contribution < 1.29 is 4.39 Å². The summed E-state index contributed by atoms with van der Waals surface area (Å²) in [4.78, 5) is 0. The maximum absolute atomic E-state index is 13.3. The van der Waals surface area contributed by atoms with Gasteiger partial charge in [0, 0.05) is 12.1 Å². The van der Waals surface area contributed by atoms with E-state index in [-0.39, 0.29) is 5.82 Å². The summed E-state index contributed by atoms with van der Waals surface area (Å²) >= 11 is 6.08. The Balaban J connectivity index is 2.39. The van der Waals surface area contributed by atoms with Gasteiger partial charge in [0.15, 0.2) is 0 Å². The molecule has 0 aromatic heterocycles. The lowest BCUT2D eigenvalue weighted by atomic mass is 10.0. The van der Waals surface area contributed by atoms with Gasteiger partial charge < -0.3 is 5.32 Å². The molecule has 0 aliphatic heterocycles. The fourth-order valence-corrected chi connectivity index (χ4v) is 2.14. The highest BCUT2D eigenvalue weighted by Crippen LogP contribution is 2.30. The number of benzene rings is 2. The molecular formula is C15H15ClFN. The van der Waals surface area contributed by atoms with Crippen LogP contribution in [0.1, 0.15) is 11.1 Å². The lowest BCUT2D eigenvalue weighted by Crippen LogP contribution is -2.04. The summed E-state index contributed by atoms with van der Waals surface area (Å²) < 4.78 is 13.3. The van der Waals surface area contributed by atoms with E-state index in [0.717, 1.165) is 17.7 Å². The van der Waals surface area contributed by atoms with Crippen molar-refractivity contribution in [2.75, 3.05) is 7.05 Å². The molecule has 0 amide bonds. The van der Waals surface area contributed by atoms with Crippen molar-refractivity contribution >= 4 is 11.6 Å². The molecule has 18 heavy (non-hydrogen) atoms. The summed E-state index contributed by atoms with van der Waals surface area (Å²) in [6.07, 6.45) is 0. The highest BCUT2D eigenvalue weighted by atomic mass is 35.5. The van der Waals surface area contributed by atoms with Gasteiger partial charge in [-0.15, -0.1) is 0 Å². The van der Waals surface area contributed by atoms with Gasteiger partial charge >= 0.3 is 0 Å². The Labute approximate surface area is 112 Å². The van der Waals surface area contributed by atoms with E-state index in [4.69, 9.17) is 11.6 Å². The third kappa shape index (κ3) is 2.71. The van der Waals surface area contributed by atoms with Gasteiger partial charge in [0.2, 0.25) is 0 Å². The van der Waals surface area contributed by atoms with Crippen molar-refractivity contribution in [1.82, 2.24) is 5.32 Å². The molecule has 2 rings (SSSR count). The van der Waals surface area contributed by atoms with Gasteiger partial charge in [0.25, 0.3) is 0 Å². The minimum absolute atomic E-state index is 0.268. The monoisotopic (exact) mass is 263 g/mol. The van der Waals surface area contributed by atoms with Crippen LogP contribution in [0, 0.1) is 12.7 Å². The maximum Gasteiger partial charge on any atom is 0.127 e. The van der Waals surface area contributed by atoms with Crippen molar-refractivity contribution in [3.8, 4) is 11.1 Å². The molecule has 3 heteroatoms. The highest BCUT2D eigenvalue weighted by Gasteiger charge is 2.07. The predicted molar refractivity (Wildman–Crippen MR) is 74.3 cm³/mol. The molecule has 0 atom stereocenters. The Bertz CT molecular complexity index is 549. The van der Waals surface area contributed by atoms with Crippen LogP contribution in [0.3, 0.4) is 0 Å². The molecule has 1 nitrogen and oxygen atoms in total. The van der Waals surface area contributed by atoms with Gasteiger partial charge in [-0.3, -0.25) is 0 Å². The SMILES string of the molecule is CNCc1ccc(-c2cc(C)c(F)cc2Cl)cc1. The lowest BCUT2D eigenvalue weighted by molar-refractivity contribution is 0.619. The molecule has 0 heterocycles. The first-order valence-electron chi connectivity index (χ1n) is 5.81. The Morgan fingerprint density at radius 2 is 1.83 bits per heavy atom. The molecule has 0 fully saturated rings. The van der Waals surface area contributed by atoms with E-state index in [9.17, 15) is 4.39 Å². The van der Waals surface area contributed by atoms with Crippen LogP contribution in [0.25, 0.3) is 11.1 Å². The van der Waals surface area contributed by atoms with Crippen molar-refractivity contribution in [1.29, 1.82) is 0 Å². The van der Waals surface area contributed by atoms with Crippen LogP contribution in [0.4, 0.5) is 4.39 Å². The van der Waals surface area contributed by atoms with Gasteiger partial charge in [-0.25, -0.2) is 4.39 Å². The van der Waals surface area contributed by atoms with E-state index in [1.807, 2.05) is 31.3 Å². The molecule has 0 spiro atoms. The normalized spacial score (nSPS) is 10.7. The fraction of sp³-hybridized carbons (Fsp3) is 0.200. The summed E-state index contributed by atoms with van der Waals surface area (Å²) in [5.41, 5.74) is 3.68. The Morgan fingerprint density at radius 3 is 2.44 bits per heavy atom. The predicted octanol–water partition coefficient (Wildman–Crippen LogP) is 4.17. The zero-order chi connectivity index (χ0) is 13.1. The summed E-state index contributed by atoms with van der Waals surface area (Å²) in [6.45, 7) is 2.57. The molecular weight excluding hydrogens is 249 g/mol. The first-order valence-corrected chi connectivity index (χ1v) is 6.19. The third-order valence-corrected chi connectivity index (χ3v) is 3.21. The summed E-state index contributed by atoms with van der Waals surface area (Å²) in [7, 11) is 1.91. The quantitative estimate of drug-likeness (QED) is 0.876. The zero-order valence-corrected chi connectivity index (χ0v) is 11.2. The molecule has 1 N–H and O–H groups in total. The first-order chi connectivity index (χ1) is 8.61. The smallest absolute Gasteiger partial charge is 0.127 e. The third-order valence-electron chi connectivity index (χ3n) is 2.89. The standard InChI is InChI=1S/C15H15ClFN/c1-10-7-13(14(16)8-15(10)17)12-5-3-11(4-6-12)9-18-2/h3-8,18H,9H2,1-2H3. The number of nitrogens with one attached hydrogen (secondary N) is 1. The summed E-state index contributed by atoms with van der Waals surface area (Å²) in [5.74, 6) is -0.268. The largest absolute Gasteiger partial charge is 0.316 e. The summed E-state index contributed by atoms with van der Waals surface area (Å²) in [5, 5.41) is 3.54. The van der Waals surface area contributed by atoms with Gasteiger partial charge in [-0.05, 0) is 42.8 Å². The van der Waals surface area contributed by atoms with E-state index < -0.39 is 0 Å². The van der Waals surface area contributed by atoms with Crippen LogP contribution in [-0.2, 0) is 6.54 Å². The van der Waals surface area contributed by atoms with Crippen LogP contribution in [-0.4, -0.2) is 7.05 Å². The number of hydrogen-bond acceptors (Lipinski definition) is 1. The van der Waals surface area contributed by atoms with Crippen molar-refractivity contribution in [2.45, 2.75) is 13.5 Å². The van der Waals surface area contributed by atoms with E-state index in [1.54, 1.807) is 13.0 Å². The first kappa shape index (κ1) is 13.1. The molecule has 2 aromatic carbocycles. The maximum atomic E-state index is 13.3. The number of aryl methyl sites for hydroxylation is 1. The molecule has 0 saturated heterocycles. The average Bonchev–Trinajstić information content (AvgIpc) is 2.35. The number of halogens is 2. The molecule has 2 aromatic rings. The van der Waals surface area contributed by atoms with Gasteiger partial charge in [0.05, 0.1) is 5.02 Å². The topological polar surface area (TPSA) is 12.0 Å². The lowest BCUT2D eigenvalue weighted by Gasteiger charge is -2.08.